The second-order valence-electron chi connectivity index (χ2n) is 8.68. The highest BCUT2D eigenvalue weighted by molar-refractivity contribution is 7.92. The summed E-state index contributed by atoms with van der Waals surface area (Å²) in [6, 6.07) is 13.8. The Morgan fingerprint density at radius 1 is 1.00 bits per heavy atom. The first-order valence-electron chi connectivity index (χ1n) is 10.8. The summed E-state index contributed by atoms with van der Waals surface area (Å²) in [7, 11) is -2.20. The van der Waals surface area contributed by atoms with Gasteiger partial charge in [0.1, 0.15) is 0 Å². The number of anilines is 1. The number of rotatable bonds is 4. The molecule has 0 unspecified atom stereocenters. The Kier molecular flexibility index (Phi) is 5.87. The third-order valence-corrected chi connectivity index (χ3v) is 8.50. The topological polar surface area (TPSA) is 57.7 Å². The molecule has 0 aromatic heterocycles. The number of nitrogens with zero attached hydrogens (tertiary/aromatic N) is 2. The lowest BCUT2D eigenvalue weighted by molar-refractivity contribution is 0.0520. The lowest BCUT2D eigenvalue weighted by atomic mass is 9.75. The number of likely N-dealkylation sites (tertiary alicyclic amines) is 1. The maximum atomic E-state index is 13.2. The van der Waals surface area contributed by atoms with Crippen LogP contribution in [0.4, 0.5) is 5.69 Å². The molecule has 0 spiro atoms. The van der Waals surface area contributed by atoms with Crippen molar-refractivity contribution < 1.29 is 13.2 Å². The molecule has 1 saturated carbocycles. The monoisotopic (exact) mass is 426 g/mol. The molecule has 2 aromatic carbocycles. The molecular weight excluding hydrogens is 396 g/mol. The highest BCUT2D eigenvalue weighted by atomic mass is 32.2. The van der Waals surface area contributed by atoms with E-state index in [1.165, 1.54) is 36.1 Å². The zero-order valence-electron chi connectivity index (χ0n) is 17.8. The Bertz CT molecular complexity index is 1020. The van der Waals surface area contributed by atoms with Crippen LogP contribution in [0.1, 0.15) is 48.0 Å². The summed E-state index contributed by atoms with van der Waals surface area (Å²) < 4.78 is 27.6. The van der Waals surface area contributed by atoms with E-state index in [-0.39, 0.29) is 10.8 Å². The first-order valence-corrected chi connectivity index (χ1v) is 12.3. The highest BCUT2D eigenvalue weighted by Crippen LogP contribution is 2.36. The Morgan fingerprint density at radius 2 is 1.70 bits per heavy atom. The van der Waals surface area contributed by atoms with Crippen LogP contribution in [0.15, 0.2) is 53.4 Å². The van der Waals surface area contributed by atoms with Crippen LogP contribution in [-0.2, 0) is 10.0 Å². The van der Waals surface area contributed by atoms with Crippen LogP contribution < -0.4 is 4.31 Å². The van der Waals surface area contributed by atoms with Gasteiger partial charge in [-0.25, -0.2) is 8.42 Å². The van der Waals surface area contributed by atoms with E-state index in [2.05, 4.69) is 0 Å². The van der Waals surface area contributed by atoms with Crippen LogP contribution in [0.5, 0.6) is 0 Å². The predicted molar refractivity (Wildman–Crippen MR) is 119 cm³/mol. The maximum Gasteiger partial charge on any atom is 0.264 e. The third kappa shape index (κ3) is 4.10. The Balaban J connectivity index is 1.54. The number of carbonyl (C=O) groups is 1. The minimum absolute atomic E-state index is 0.0611. The van der Waals surface area contributed by atoms with Crippen LogP contribution in [0, 0.1) is 18.8 Å². The minimum Gasteiger partial charge on any atom is -0.338 e. The van der Waals surface area contributed by atoms with Crippen molar-refractivity contribution in [3.8, 4) is 0 Å². The van der Waals surface area contributed by atoms with Crippen molar-refractivity contribution in [2.24, 2.45) is 11.8 Å². The summed E-state index contributed by atoms with van der Waals surface area (Å²) in [6.45, 7) is 3.52. The van der Waals surface area contributed by atoms with Crippen LogP contribution in [0.3, 0.4) is 0 Å². The van der Waals surface area contributed by atoms with Crippen LogP contribution in [-0.4, -0.2) is 39.4 Å². The molecule has 4 rings (SSSR count). The molecule has 1 amide bonds. The van der Waals surface area contributed by atoms with E-state index in [1.54, 1.807) is 37.4 Å². The van der Waals surface area contributed by atoms with Gasteiger partial charge in [0.05, 0.1) is 10.6 Å². The average Bonchev–Trinajstić information content (AvgIpc) is 2.78. The normalized spacial score (nSPS) is 21.7. The first kappa shape index (κ1) is 20.9. The fraction of sp³-hybridized carbons (Fsp3) is 0.458. The fourth-order valence-electron chi connectivity index (χ4n) is 4.81. The summed E-state index contributed by atoms with van der Waals surface area (Å²) in [4.78, 5) is 15.2. The standard InChI is InChI=1S/C24H30N2O3S/c1-18-10-12-22(13-11-18)25(2)30(28,29)23-9-5-8-20(16-23)24(27)26-15-14-19-6-3-4-7-21(19)17-26/h5,8-13,16,19,21H,3-4,6-7,14-15,17H2,1-2H3/t19-,21-/m1/s1. The molecule has 30 heavy (non-hydrogen) atoms. The number of piperidine rings is 1. The third-order valence-electron chi connectivity index (χ3n) is 6.72. The largest absolute Gasteiger partial charge is 0.338 e. The quantitative estimate of drug-likeness (QED) is 0.725. The van der Waals surface area contributed by atoms with Gasteiger partial charge >= 0.3 is 0 Å². The number of sulfonamides is 1. The van der Waals surface area contributed by atoms with Crippen molar-refractivity contribution in [2.75, 3.05) is 24.4 Å². The van der Waals surface area contributed by atoms with Crippen LogP contribution in [0.2, 0.25) is 0 Å². The van der Waals surface area contributed by atoms with Crippen molar-refractivity contribution in [1.29, 1.82) is 0 Å². The summed E-state index contributed by atoms with van der Waals surface area (Å²) in [5.74, 6) is 1.28. The second-order valence-corrected chi connectivity index (χ2v) is 10.6. The lowest BCUT2D eigenvalue weighted by Crippen LogP contribution is -2.44. The van der Waals surface area contributed by atoms with Crippen molar-refractivity contribution in [2.45, 2.75) is 43.9 Å². The second kappa shape index (κ2) is 8.42. The Morgan fingerprint density at radius 3 is 2.43 bits per heavy atom. The molecule has 6 heteroatoms. The Hall–Kier alpha value is -2.34. The molecule has 2 fully saturated rings. The molecule has 2 aromatic rings. The van der Waals surface area contributed by atoms with Crippen molar-refractivity contribution in [1.82, 2.24) is 4.90 Å². The van der Waals surface area contributed by atoms with Gasteiger partial charge in [-0.15, -0.1) is 0 Å². The van der Waals surface area contributed by atoms with Crippen molar-refractivity contribution in [3.05, 3.63) is 59.7 Å². The molecule has 1 heterocycles. The maximum absolute atomic E-state index is 13.2. The number of hydrogen-bond acceptors (Lipinski definition) is 3. The Labute approximate surface area is 179 Å². The van der Waals surface area contributed by atoms with Crippen LogP contribution in [0.25, 0.3) is 0 Å². The molecule has 1 aliphatic heterocycles. The molecule has 2 aliphatic rings. The van der Waals surface area contributed by atoms with Gasteiger partial charge in [-0.3, -0.25) is 9.10 Å². The van der Waals surface area contributed by atoms with E-state index in [0.717, 1.165) is 31.0 Å². The van der Waals surface area contributed by atoms with Gasteiger partial charge in [-0.05, 0) is 61.9 Å². The smallest absolute Gasteiger partial charge is 0.264 e. The minimum atomic E-state index is -3.75. The average molecular weight is 427 g/mol. The summed E-state index contributed by atoms with van der Waals surface area (Å²) >= 11 is 0. The molecule has 2 atom stereocenters. The highest BCUT2D eigenvalue weighted by Gasteiger charge is 2.33. The number of carbonyl (C=O) groups excluding carboxylic acids is 1. The van der Waals surface area contributed by atoms with Crippen molar-refractivity contribution in [3.63, 3.8) is 0 Å². The zero-order valence-corrected chi connectivity index (χ0v) is 18.6. The lowest BCUT2D eigenvalue weighted by Gasteiger charge is -2.41. The molecule has 5 nitrogen and oxygen atoms in total. The fourth-order valence-corrected chi connectivity index (χ4v) is 6.05. The molecule has 1 aliphatic carbocycles. The molecule has 0 radical (unpaired) electrons. The molecule has 1 saturated heterocycles. The summed E-state index contributed by atoms with van der Waals surface area (Å²) in [6.07, 6.45) is 6.10. The zero-order chi connectivity index (χ0) is 21.3. The first-order chi connectivity index (χ1) is 14.4. The number of benzene rings is 2. The number of aryl methyl sites for hydroxylation is 1. The van der Waals surface area contributed by atoms with Gasteiger partial charge in [-0.1, -0.05) is 43.0 Å². The van der Waals surface area contributed by atoms with E-state index < -0.39 is 10.0 Å². The van der Waals surface area contributed by atoms with Gasteiger partial charge in [0.15, 0.2) is 0 Å². The van der Waals surface area contributed by atoms with E-state index in [0.29, 0.717) is 17.2 Å². The number of hydrogen-bond donors (Lipinski definition) is 0. The molecular formula is C24H30N2O3S. The SMILES string of the molecule is Cc1ccc(N(C)S(=O)(=O)c2cccc(C(=O)N3CC[C@H]4CCCC[C@@H]4C3)c2)cc1. The van der Waals surface area contributed by atoms with E-state index >= 15 is 0 Å². The number of fused-ring (bicyclic) bond motifs is 1. The molecule has 0 bridgehead atoms. The van der Waals surface area contributed by atoms with E-state index in [9.17, 15) is 13.2 Å². The van der Waals surface area contributed by atoms with Gasteiger partial charge in [-0.2, -0.15) is 0 Å². The van der Waals surface area contributed by atoms with Gasteiger partial charge in [0.25, 0.3) is 15.9 Å². The van der Waals surface area contributed by atoms with E-state index in [1.807, 2.05) is 24.0 Å². The number of amides is 1. The van der Waals surface area contributed by atoms with E-state index in [4.69, 9.17) is 0 Å². The van der Waals surface area contributed by atoms with Gasteiger partial charge < -0.3 is 4.90 Å². The molecule has 160 valence electrons. The summed E-state index contributed by atoms with van der Waals surface area (Å²) in [5, 5.41) is 0. The molecule has 0 N–H and O–H groups in total. The van der Waals surface area contributed by atoms with Gasteiger partial charge in [0, 0.05) is 25.7 Å². The predicted octanol–water partition coefficient (Wildman–Crippen LogP) is 4.47. The van der Waals surface area contributed by atoms with Gasteiger partial charge in [0.2, 0.25) is 0 Å². The summed E-state index contributed by atoms with van der Waals surface area (Å²) in [5.41, 5.74) is 2.11. The van der Waals surface area contributed by atoms with Crippen LogP contribution >= 0.6 is 0 Å². The van der Waals surface area contributed by atoms with Crippen molar-refractivity contribution >= 4 is 21.6 Å².